The Kier molecular flexibility index (Phi) is 6.25. The summed E-state index contributed by atoms with van der Waals surface area (Å²) in [7, 11) is 4.85. The number of amides is 1. The van der Waals surface area contributed by atoms with Crippen LogP contribution in [0.4, 0.5) is 5.69 Å². The van der Waals surface area contributed by atoms with Crippen LogP contribution in [0.5, 0.6) is 11.5 Å². The molecule has 1 aliphatic heterocycles. The molecule has 7 heteroatoms. The number of hydrogen-bond donors (Lipinski definition) is 0. The van der Waals surface area contributed by atoms with Gasteiger partial charge in [-0.15, -0.1) is 0 Å². The van der Waals surface area contributed by atoms with Gasteiger partial charge in [0.25, 0.3) is 0 Å². The standard InChI is InChI=1S/C24H28N2O5/c1-29-11-10-25-8-9-26(23(28)15-25)17-6-4-16(5-7-17)19-14-21(27)20-12-18(30-2)13-22(31-3)24(19)20/h4-7,12-13,19H,8-11,14-15H2,1-3H3. The zero-order chi connectivity index (χ0) is 22.0. The zero-order valence-corrected chi connectivity index (χ0v) is 18.2. The van der Waals surface area contributed by atoms with Crippen molar-refractivity contribution < 1.29 is 23.8 Å². The second-order valence-electron chi connectivity index (χ2n) is 7.88. The molecule has 2 aromatic carbocycles. The van der Waals surface area contributed by atoms with Crippen LogP contribution in [-0.4, -0.2) is 70.7 Å². The quantitative estimate of drug-likeness (QED) is 0.681. The van der Waals surface area contributed by atoms with Crippen molar-refractivity contribution in [1.29, 1.82) is 0 Å². The van der Waals surface area contributed by atoms with Gasteiger partial charge in [0.05, 0.1) is 27.4 Å². The third kappa shape index (κ3) is 4.16. The van der Waals surface area contributed by atoms with Crippen LogP contribution in [0.25, 0.3) is 0 Å². The topological polar surface area (TPSA) is 68.3 Å². The second-order valence-corrected chi connectivity index (χ2v) is 7.88. The maximum absolute atomic E-state index is 12.7. The highest BCUT2D eigenvalue weighted by Crippen LogP contribution is 2.45. The van der Waals surface area contributed by atoms with Gasteiger partial charge in [-0.05, 0) is 23.8 Å². The van der Waals surface area contributed by atoms with Crippen LogP contribution < -0.4 is 14.4 Å². The number of benzene rings is 2. The lowest BCUT2D eigenvalue weighted by Gasteiger charge is -2.34. The minimum Gasteiger partial charge on any atom is -0.497 e. The number of ketones is 1. The van der Waals surface area contributed by atoms with Crippen molar-refractivity contribution >= 4 is 17.4 Å². The van der Waals surface area contributed by atoms with E-state index in [9.17, 15) is 9.59 Å². The minimum atomic E-state index is -0.0704. The molecule has 1 heterocycles. The number of carbonyl (C=O) groups excluding carboxylic acids is 2. The molecule has 7 nitrogen and oxygen atoms in total. The lowest BCUT2D eigenvalue weighted by molar-refractivity contribution is -0.121. The van der Waals surface area contributed by atoms with Crippen molar-refractivity contribution in [1.82, 2.24) is 4.90 Å². The van der Waals surface area contributed by atoms with E-state index >= 15 is 0 Å². The summed E-state index contributed by atoms with van der Waals surface area (Å²) in [6, 6.07) is 11.6. The molecule has 164 valence electrons. The summed E-state index contributed by atoms with van der Waals surface area (Å²) in [5.74, 6) is 1.38. The molecule has 0 spiro atoms. The summed E-state index contributed by atoms with van der Waals surface area (Å²) in [5, 5.41) is 0. The van der Waals surface area contributed by atoms with Gasteiger partial charge in [-0.2, -0.15) is 0 Å². The van der Waals surface area contributed by atoms with Gasteiger partial charge >= 0.3 is 0 Å². The number of methoxy groups -OCH3 is 3. The number of nitrogens with zero attached hydrogens (tertiary/aromatic N) is 2. The maximum Gasteiger partial charge on any atom is 0.241 e. The molecule has 2 aliphatic rings. The van der Waals surface area contributed by atoms with Crippen LogP contribution in [0.15, 0.2) is 36.4 Å². The molecule has 0 radical (unpaired) electrons. The SMILES string of the molecule is COCCN1CCN(c2ccc(C3CC(=O)c4cc(OC)cc(OC)c43)cc2)C(=O)C1. The number of piperazine rings is 1. The predicted octanol–water partition coefficient (Wildman–Crippen LogP) is 2.72. The van der Waals surface area contributed by atoms with Gasteiger partial charge in [0.15, 0.2) is 5.78 Å². The maximum atomic E-state index is 12.7. The highest BCUT2D eigenvalue weighted by molar-refractivity contribution is 6.03. The first-order chi connectivity index (χ1) is 15.0. The van der Waals surface area contributed by atoms with Gasteiger partial charge in [0.1, 0.15) is 11.5 Å². The molecule has 0 bridgehead atoms. The average molecular weight is 424 g/mol. The smallest absolute Gasteiger partial charge is 0.241 e. The minimum absolute atomic E-state index is 0.0704. The molecule has 1 fully saturated rings. The van der Waals surface area contributed by atoms with E-state index in [1.54, 1.807) is 27.4 Å². The molecular formula is C24H28N2O5. The van der Waals surface area contributed by atoms with E-state index in [0.29, 0.717) is 43.2 Å². The van der Waals surface area contributed by atoms with Crippen LogP contribution in [-0.2, 0) is 9.53 Å². The molecule has 1 saturated heterocycles. The summed E-state index contributed by atoms with van der Waals surface area (Å²) in [4.78, 5) is 29.2. The van der Waals surface area contributed by atoms with Gasteiger partial charge < -0.3 is 19.1 Å². The van der Waals surface area contributed by atoms with E-state index in [4.69, 9.17) is 14.2 Å². The average Bonchev–Trinajstić information content (AvgIpc) is 3.13. The van der Waals surface area contributed by atoms with Crippen LogP contribution >= 0.6 is 0 Å². The fourth-order valence-electron chi connectivity index (χ4n) is 4.45. The number of carbonyl (C=O) groups is 2. The summed E-state index contributed by atoms with van der Waals surface area (Å²) in [6.07, 6.45) is 0.398. The van der Waals surface area contributed by atoms with Crippen molar-refractivity contribution in [2.45, 2.75) is 12.3 Å². The molecule has 0 N–H and O–H groups in total. The third-order valence-corrected chi connectivity index (χ3v) is 6.13. The third-order valence-electron chi connectivity index (χ3n) is 6.13. The number of fused-ring (bicyclic) bond motifs is 1. The predicted molar refractivity (Wildman–Crippen MR) is 117 cm³/mol. The molecular weight excluding hydrogens is 396 g/mol. The van der Waals surface area contributed by atoms with Crippen LogP contribution in [0.3, 0.4) is 0 Å². The van der Waals surface area contributed by atoms with Crippen LogP contribution in [0, 0.1) is 0 Å². The zero-order valence-electron chi connectivity index (χ0n) is 18.2. The largest absolute Gasteiger partial charge is 0.497 e. The molecule has 31 heavy (non-hydrogen) atoms. The van der Waals surface area contributed by atoms with Crippen molar-refractivity contribution in [2.75, 3.05) is 59.0 Å². The molecule has 4 rings (SSSR count). The molecule has 2 aromatic rings. The van der Waals surface area contributed by atoms with E-state index < -0.39 is 0 Å². The number of rotatable bonds is 7. The van der Waals surface area contributed by atoms with Crippen LogP contribution in [0.2, 0.25) is 0 Å². The van der Waals surface area contributed by atoms with E-state index in [1.165, 1.54) is 0 Å². The van der Waals surface area contributed by atoms with Crippen molar-refractivity contribution in [3.05, 3.63) is 53.1 Å². The number of Topliss-reactive ketones (excluding diaryl/α,β-unsaturated/α-hetero) is 1. The van der Waals surface area contributed by atoms with E-state index in [-0.39, 0.29) is 17.6 Å². The molecule has 0 aromatic heterocycles. The first kappa shape index (κ1) is 21.3. The Morgan fingerprint density at radius 2 is 1.77 bits per heavy atom. The second kappa shape index (κ2) is 9.08. The highest BCUT2D eigenvalue weighted by Gasteiger charge is 2.34. The Morgan fingerprint density at radius 3 is 2.42 bits per heavy atom. The van der Waals surface area contributed by atoms with Gasteiger partial charge in [0.2, 0.25) is 5.91 Å². The summed E-state index contributed by atoms with van der Waals surface area (Å²) in [6.45, 7) is 3.25. The Bertz CT molecular complexity index is 973. The summed E-state index contributed by atoms with van der Waals surface area (Å²) < 4.78 is 16.0. The molecule has 1 unspecified atom stereocenters. The molecule has 0 saturated carbocycles. The summed E-state index contributed by atoms with van der Waals surface area (Å²) >= 11 is 0. The Labute approximate surface area is 182 Å². The first-order valence-corrected chi connectivity index (χ1v) is 10.5. The van der Waals surface area contributed by atoms with E-state index in [0.717, 1.165) is 29.9 Å². The Balaban J connectivity index is 1.54. The van der Waals surface area contributed by atoms with E-state index in [2.05, 4.69) is 4.90 Å². The number of ether oxygens (including phenoxy) is 3. The Morgan fingerprint density at radius 1 is 1.00 bits per heavy atom. The van der Waals surface area contributed by atoms with Gasteiger partial charge in [-0.25, -0.2) is 0 Å². The lowest BCUT2D eigenvalue weighted by Crippen LogP contribution is -2.51. The fraction of sp³-hybridized carbons (Fsp3) is 0.417. The normalized spacial score (nSPS) is 18.9. The molecule has 1 aliphatic carbocycles. The monoisotopic (exact) mass is 424 g/mol. The summed E-state index contributed by atoms with van der Waals surface area (Å²) in [5.41, 5.74) is 3.48. The van der Waals surface area contributed by atoms with Crippen molar-refractivity contribution in [3.8, 4) is 11.5 Å². The van der Waals surface area contributed by atoms with Gasteiger partial charge in [-0.1, -0.05) is 12.1 Å². The molecule has 1 atom stereocenters. The fourth-order valence-corrected chi connectivity index (χ4v) is 4.45. The van der Waals surface area contributed by atoms with Crippen LogP contribution in [0.1, 0.15) is 33.8 Å². The Hall–Kier alpha value is -2.90. The lowest BCUT2D eigenvalue weighted by atomic mass is 9.92. The van der Waals surface area contributed by atoms with Gasteiger partial charge in [0, 0.05) is 62.0 Å². The highest BCUT2D eigenvalue weighted by atomic mass is 16.5. The van der Waals surface area contributed by atoms with Crippen molar-refractivity contribution in [3.63, 3.8) is 0 Å². The van der Waals surface area contributed by atoms with Gasteiger partial charge in [-0.3, -0.25) is 14.5 Å². The number of anilines is 1. The van der Waals surface area contributed by atoms with Crippen molar-refractivity contribution in [2.24, 2.45) is 0 Å². The first-order valence-electron chi connectivity index (χ1n) is 10.5. The number of hydrogen-bond acceptors (Lipinski definition) is 6. The van der Waals surface area contributed by atoms with E-state index in [1.807, 2.05) is 35.2 Å². The molecule has 1 amide bonds.